The van der Waals surface area contributed by atoms with E-state index in [0.717, 1.165) is 16.0 Å². The second-order valence-electron chi connectivity index (χ2n) is 11.0. The predicted molar refractivity (Wildman–Crippen MR) is 171 cm³/mol. The average molecular weight is 663 g/mol. The van der Waals surface area contributed by atoms with Crippen LogP contribution < -0.4 is 10.0 Å². The summed E-state index contributed by atoms with van der Waals surface area (Å²) in [4.78, 5) is 14.9. The smallest absolute Gasteiger partial charge is 0.242 e. The van der Waals surface area contributed by atoms with Crippen molar-refractivity contribution in [3.8, 4) is 21.8 Å². The van der Waals surface area contributed by atoms with Crippen LogP contribution in [0, 0.1) is 0 Å². The highest BCUT2D eigenvalue weighted by molar-refractivity contribution is 7.93. The van der Waals surface area contributed by atoms with Crippen LogP contribution in [-0.4, -0.2) is 79.9 Å². The standard InChI is InChI=1S/C29H35FN6O5S3/c1-18(2)28-34-26(19-6-5-7-22(16-19)35-44(39,40)25-17-20(30)8-9-24(25)41-3)27(42-28)23-10-13-31-29(33-23)32-21-11-14-36(15-12-21)43(4,37)38/h5-10,13,16-18,21,24-25,35H,11-12,14-15H2,1-4H3,(H,31,32,33). The molecule has 0 bridgehead atoms. The van der Waals surface area contributed by atoms with Gasteiger partial charge in [0.1, 0.15) is 11.1 Å². The minimum Gasteiger partial charge on any atom is -0.376 e. The van der Waals surface area contributed by atoms with Gasteiger partial charge in [0.2, 0.25) is 26.0 Å². The number of benzene rings is 1. The number of hydrogen-bond donors (Lipinski definition) is 2. The molecule has 2 N–H and O–H groups in total. The van der Waals surface area contributed by atoms with Gasteiger partial charge in [-0.1, -0.05) is 32.1 Å². The van der Waals surface area contributed by atoms with Crippen LogP contribution >= 0.6 is 11.3 Å². The van der Waals surface area contributed by atoms with Crippen LogP contribution in [0.5, 0.6) is 0 Å². The zero-order valence-electron chi connectivity index (χ0n) is 24.8. The Labute approximate surface area is 261 Å². The van der Waals surface area contributed by atoms with Gasteiger partial charge in [-0.2, -0.15) is 0 Å². The van der Waals surface area contributed by atoms with E-state index < -0.39 is 37.2 Å². The first kappa shape index (κ1) is 32.2. The van der Waals surface area contributed by atoms with Crippen LogP contribution in [-0.2, 0) is 24.8 Å². The van der Waals surface area contributed by atoms with Crippen molar-refractivity contribution in [2.75, 3.05) is 36.5 Å². The van der Waals surface area contributed by atoms with Gasteiger partial charge in [-0.25, -0.2) is 40.5 Å². The Morgan fingerprint density at radius 3 is 2.55 bits per heavy atom. The molecule has 5 rings (SSSR count). The lowest BCUT2D eigenvalue weighted by Gasteiger charge is -2.30. The summed E-state index contributed by atoms with van der Waals surface area (Å²) in [6.07, 6.45) is 6.93. The zero-order valence-corrected chi connectivity index (χ0v) is 27.2. The summed E-state index contributed by atoms with van der Waals surface area (Å²) in [7, 11) is -5.90. The SMILES string of the molecule is COC1C=CC(F)=CC1S(=O)(=O)Nc1cccc(-c2nc(C(C)C)sc2-c2ccnc(NC3CCN(S(C)(=O)=O)CC3)n2)c1. The van der Waals surface area contributed by atoms with Crippen molar-refractivity contribution < 1.29 is 26.0 Å². The van der Waals surface area contributed by atoms with E-state index in [1.807, 2.05) is 19.9 Å². The van der Waals surface area contributed by atoms with Gasteiger partial charge in [-0.05, 0) is 43.2 Å². The molecule has 1 aliphatic carbocycles. The molecule has 236 valence electrons. The number of aromatic nitrogens is 3. The lowest BCUT2D eigenvalue weighted by Crippen LogP contribution is -2.42. The van der Waals surface area contributed by atoms with E-state index in [2.05, 4.69) is 15.0 Å². The maximum Gasteiger partial charge on any atom is 0.242 e. The van der Waals surface area contributed by atoms with Gasteiger partial charge in [-0.3, -0.25) is 4.72 Å². The minimum absolute atomic E-state index is 0.0285. The quantitative estimate of drug-likeness (QED) is 0.314. The first-order valence-corrected chi connectivity index (χ1v) is 18.3. The third-order valence-corrected chi connectivity index (χ3v) is 11.7. The van der Waals surface area contributed by atoms with E-state index >= 15 is 0 Å². The first-order chi connectivity index (χ1) is 20.8. The summed E-state index contributed by atoms with van der Waals surface area (Å²) < 4.78 is 73.6. The maximum atomic E-state index is 14.0. The lowest BCUT2D eigenvalue weighted by atomic mass is 10.1. The first-order valence-electron chi connectivity index (χ1n) is 14.1. The number of methoxy groups -OCH3 is 1. The maximum absolute atomic E-state index is 14.0. The molecule has 3 aromatic rings. The van der Waals surface area contributed by atoms with Crippen molar-refractivity contribution in [1.82, 2.24) is 19.3 Å². The number of halogens is 1. The summed E-state index contributed by atoms with van der Waals surface area (Å²) in [5.74, 6) is -0.0729. The molecular weight excluding hydrogens is 628 g/mol. The summed E-state index contributed by atoms with van der Waals surface area (Å²) in [6, 6.07) is 8.72. The number of thiazole rings is 1. The number of anilines is 2. The van der Waals surface area contributed by atoms with Crippen molar-refractivity contribution >= 4 is 43.0 Å². The lowest BCUT2D eigenvalue weighted by molar-refractivity contribution is 0.143. The van der Waals surface area contributed by atoms with E-state index in [4.69, 9.17) is 14.7 Å². The number of hydrogen-bond acceptors (Lipinski definition) is 10. The van der Waals surface area contributed by atoms with Crippen LogP contribution in [0.4, 0.5) is 16.0 Å². The van der Waals surface area contributed by atoms with E-state index in [1.54, 1.807) is 30.5 Å². The molecule has 2 atom stereocenters. The molecule has 1 aromatic carbocycles. The fourth-order valence-electron chi connectivity index (χ4n) is 5.07. The third kappa shape index (κ3) is 7.34. The van der Waals surface area contributed by atoms with Crippen LogP contribution in [0.15, 0.2) is 60.6 Å². The van der Waals surface area contributed by atoms with E-state index in [9.17, 15) is 21.2 Å². The monoisotopic (exact) mass is 662 g/mol. The van der Waals surface area contributed by atoms with Gasteiger partial charge in [0.25, 0.3) is 0 Å². The van der Waals surface area contributed by atoms with E-state index in [-0.39, 0.29) is 12.0 Å². The minimum atomic E-state index is -4.06. The third-order valence-electron chi connectivity index (χ3n) is 7.40. The molecule has 44 heavy (non-hydrogen) atoms. The van der Waals surface area contributed by atoms with E-state index in [1.165, 1.54) is 41.2 Å². The van der Waals surface area contributed by atoms with Crippen molar-refractivity contribution in [1.29, 1.82) is 0 Å². The number of rotatable bonds is 10. The highest BCUT2D eigenvalue weighted by Crippen LogP contribution is 2.39. The van der Waals surface area contributed by atoms with Gasteiger partial charge in [0.15, 0.2) is 0 Å². The Hall–Kier alpha value is -3.24. The normalized spacial score (nSPS) is 20.1. The van der Waals surface area contributed by atoms with Gasteiger partial charge < -0.3 is 10.1 Å². The summed E-state index contributed by atoms with van der Waals surface area (Å²) >= 11 is 1.50. The molecule has 11 nitrogen and oxygen atoms in total. The molecular formula is C29H35FN6O5S3. The molecule has 0 spiro atoms. The number of nitrogens with zero attached hydrogens (tertiary/aromatic N) is 4. The Morgan fingerprint density at radius 2 is 1.86 bits per heavy atom. The average Bonchev–Trinajstić information content (AvgIpc) is 3.43. The Kier molecular flexibility index (Phi) is 9.51. The predicted octanol–water partition coefficient (Wildman–Crippen LogP) is 4.77. The van der Waals surface area contributed by atoms with Gasteiger partial charge in [-0.15, -0.1) is 11.3 Å². The van der Waals surface area contributed by atoms with Gasteiger partial charge in [0, 0.05) is 49.6 Å². The Morgan fingerprint density at radius 1 is 1.11 bits per heavy atom. The number of piperidine rings is 1. The number of allylic oxidation sites excluding steroid dienone is 2. The molecule has 0 saturated carbocycles. The van der Waals surface area contributed by atoms with E-state index in [0.29, 0.717) is 54.5 Å². The summed E-state index contributed by atoms with van der Waals surface area (Å²) in [6.45, 7) is 4.96. The molecule has 15 heteroatoms. The molecule has 2 aromatic heterocycles. The van der Waals surface area contributed by atoms with Crippen LogP contribution in [0.25, 0.3) is 21.8 Å². The second-order valence-corrected chi connectivity index (χ2v) is 15.9. The van der Waals surface area contributed by atoms with Crippen molar-refractivity contribution in [3.05, 3.63) is 65.6 Å². The fourth-order valence-corrected chi connectivity index (χ4v) is 8.46. The highest BCUT2D eigenvalue weighted by atomic mass is 32.2. The zero-order chi connectivity index (χ0) is 31.6. The molecule has 1 saturated heterocycles. The second kappa shape index (κ2) is 13.0. The van der Waals surface area contributed by atoms with Crippen LogP contribution in [0.3, 0.4) is 0 Å². The molecule has 0 amide bonds. The van der Waals surface area contributed by atoms with Crippen LogP contribution in [0.1, 0.15) is 37.6 Å². The van der Waals surface area contributed by atoms with Crippen molar-refractivity contribution in [3.63, 3.8) is 0 Å². The molecule has 1 fully saturated rings. The number of ether oxygens (including phenoxy) is 1. The molecule has 3 heterocycles. The Bertz CT molecular complexity index is 1780. The largest absolute Gasteiger partial charge is 0.376 e. The van der Waals surface area contributed by atoms with Crippen LogP contribution in [0.2, 0.25) is 0 Å². The Balaban J connectivity index is 1.41. The van der Waals surface area contributed by atoms with Gasteiger partial charge in [0.05, 0.1) is 33.6 Å². The molecule has 2 unspecified atom stereocenters. The highest BCUT2D eigenvalue weighted by Gasteiger charge is 2.33. The van der Waals surface area contributed by atoms with Crippen molar-refractivity contribution in [2.24, 2.45) is 0 Å². The topological polar surface area (TPSA) is 143 Å². The van der Waals surface area contributed by atoms with Crippen molar-refractivity contribution in [2.45, 2.75) is 50.0 Å². The summed E-state index contributed by atoms with van der Waals surface area (Å²) in [5, 5.41) is 2.99. The van der Waals surface area contributed by atoms with Gasteiger partial charge >= 0.3 is 0 Å². The molecule has 2 aliphatic rings. The molecule has 1 aliphatic heterocycles. The summed E-state index contributed by atoms with van der Waals surface area (Å²) in [5.41, 5.74) is 2.28. The molecule has 0 radical (unpaired) electrons. The number of sulfonamides is 2. The fraction of sp³-hybridized carbons (Fsp3) is 0.414. The number of nitrogens with one attached hydrogen (secondary N) is 2.